The Labute approximate surface area is 123 Å². The average molecular weight is 293 g/mol. The molecule has 1 aromatic carbocycles. The van der Waals surface area contributed by atoms with E-state index in [1.165, 1.54) is 16.8 Å². The van der Waals surface area contributed by atoms with Gasteiger partial charge < -0.3 is 4.74 Å². The van der Waals surface area contributed by atoms with Crippen LogP contribution in [0.2, 0.25) is 0 Å². The Morgan fingerprint density at radius 1 is 1.24 bits per heavy atom. The van der Waals surface area contributed by atoms with Crippen molar-refractivity contribution in [2.75, 3.05) is 6.61 Å². The molecule has 0 radical (unpaired) electrons. The van der Waals surface area contributed by atoms with Gasteiger partial charge in [-0.25, -0.2) is 13.9 Å². The standard InChI is InChI=1S/C15H20FN3O2/c1-11-17-19(15(2,3)4)14(20)18(11)9-10-21-13-7-5-12(16)6-8-13/h5-8H,9-10H2,1-4H3. The van der Waals surface area contributed by atoms with Crippen molar-refractivity contribution in [3.63, 3.8) is 0 Å². The number of benzene rings is 1. The van der Waals surface area contributed by atoms with Crippen LogP contribution in [0.4, 0.5) is 4.39 Å². The summed E-state index contributed by atoms with van der Waals surface area (Å²) >= 11 is 0. The van der Waals surface area contributed by atoms with Gasteiger partial charge in [-0.15, -0.1) is 0 Å². The molecule has 0 aliphatic rings. The highest BCUT2D eigenvalue weighted by molar-refractivity contribution is 5.21. The lowest BCUT2D eigenvalue weighted by molar-refractivity contribution is 0.291. The molecule has 5 nitrogen and oxygen atoms in total. The third-order valence-corrected chi connectivity index (χ3v) is 3.08. The Balaban J connectivity index is 2.05. The topological polar surface area (TPSA) is 49.0 Å². The first-order valence-electron chi connectivity index (χ1n) is 6.84. The smallest absolute Gasteiger partial charge is 0.346 e. The van der Waals surface area contributed by atoms with Crippen molar-refractivity contribution in [1.82, 2.24) is 14.3 Å². The molecule has 1 heterocycles. The van der Waals surface area contributed by atoms with Crippen LogP contribution in [0.25, 0.3) is 0 Å². The molecule has 0 aliphatic carbocycles. The molecule has 0 bridgehead atoms. The van der Waals surface area contributed by atoms with Crippen LogP contribution in [0.1, 0.15) is 26.6 Å². The molecule has 0 N–H and O–H groups in total. The summed E-state index contributed by atoms with van der Waals surface area (Å²) in [6.45, 7) is 8.31. The molecule has 0 saturated heterocycles. The van der Waals surface area contributed by atoms with Gasteiger partial charge in [0.2, 0.25) is 0 Å². The van der Waals surface area contributed by atoms with E-state index in [1.807, 2.05) is 20.8 Å². The molecule has 1 aromatic heterocycles. The zero-order valence-corrected chi connectivity index (χ0v) is 12.8. The Kier molecular flexibility index (Phi) is 4.16. The molecule has 0 spiro atoms. The molecule has 0 unspecified atom stereocenters. The van der Waals surface area contributed by atoms with E-state index in [9.17, 15) is 9.18 Å². The number of rotatable bonds is 4. The molecule has 0 atom stereocenters. The number of hydrogen-bond donors (Lipinski definition) is 0. The minimum atomic E-state index is -0.356. The highest BCUT2D eigenvalue weighted by atomic mass is 19.1. The van der Waals surface area contributed by atoms with Crippen molar-refractivity contribution in [3.8, 4) is 5.75 Å². The molecule has 0 fully saturated rings. The summed E-state index contributed by atoms with van der Waals surface area (Å²) in [5.41, 5.74) is -0.507. The van der Waals surface area contributed by atoms with Gasteiger partial charge in [-0.2, -0.15) is 5.10 Å². The van der Waals surface area contributed by atoms with Gasteiger partial charge in [0.1, 0.15) is 24.0 Å². The van der Waals surface area contributed by atoms with Crippen LogP contribution >= 0.6 is 0 Å². The highest BCUT2D eigenvalue weighted by Gasteiger charge is 2.20. The summed E-state index contributed by atoms with van der Waals surface area (Å²) in [5.74, 6) is 0.920. The fourth-order valence-electron chi connectivity index (χ4n) is 1.97. The van der Waals surface area contributed by atoms with Crippen LogP contribution in [-0.2, 0) is 12.1 Å². The van der Waals surface area contributed by atoms with Gasteiger partial charge in [0.25, 0.3) is 0 Å². The quantitative estimate of drug-likeness (QED) is 0.869. The maximum absolute atomic E-state index is 12.8. The Bertz CT molecular complexity index is 666. The molecule has 0 aliphatic heterocycles. The lowest BCUT2D eigenvalue weighted by Crippen LogP contribution is -2.36. The monoisotopic (exact) mass is 293 g/mol. The highest BCUT2D eigenvalue weighted by Crippen LogP contribution is 2.12. The lowest BCUT2D eigenvalue weighted by Gasteiger charge is -2.16. The van der Waals surface area contributed by atoms with Crippen LogP contribution in [0, 0.1) is 12.7 Å². The van der Waals surface area contributed by atoms with E-state index in [2.05, 4.69) is 5.10 Å². The minimum Gasteiger partial charge on any atom is -0.492 e. The number of nitrogens with zero attached hydrogens (tertiary/aromatic N) is 3. The molecular weight excluding hydrogens is 273 g/mol. The van der Waals surface area contributed by atoms with E-state index < -0.39 is 0 Å². The van der Waals surface area contributed by atoms with Gasteiger partial charge in [0.15, 0.2) is 0 Å². The molecule has 0 saturated carbocycles. The van der Waals surface area contributed by atoms with Crippen LogP contribution < -0.4 is 10.4 Å². The van der Waals surface area contributed by atoms with Crippen molar-refractivity contribution in [1.29, 1.82) is 0 Å². The first kappa shape index (κ1) is 15.3. The van der Waals surface area contributed by atoms with Crippen LogP contribution in [-0.4, -0.2) is 21.0 Å². The molecule has 2 aromatic rings. The average Bonchev–Trinajstić information content (AvgIpc) is 2.68. The fraction of sp³-hybridized carbons (Fsp3) is 0.467. The predicted octanol–water partition coefficient (Wildman–Crippen LogP) is 2.33. The van der Waals surface area contributed by atoms with Crippen LogP contribution in [0.15, 0.2) is 29.1 Å². The third kappa shape index (κ3) is 3.51. The van der Waals surface area contributed by atoms with E-state index in [0.717, 1.165) is 0 Å². The summed E-state index contributed by atoms with van der Waals surface area (Å²) in [7, 11) is 0. The molecule has 0 amide bonds. The van der Waals surface area contributed by atoms with Gasteiger partial charge in [0, 0.05) is 0 Å². The normalized spacial score (nSPS) is 11.7. The second-order valence-corrected chi connectivity index (χ2v) is 5.87. The Morgan fingerprint density at radius 2 is 1.86 bits per heavy atom. The first-order valence-corrected chi connectivity index (χ1v) is 6.84. The SMILES string of the molecule is Cc1nn(C(C)(C)C)c(=O)n1CCOc1ccc(F)cc1. The van der Waals surface area contributed by atoms with E-state index in [0.29, 0.717) is 24.7 Å². The summed E-state index contributed by atoms with van der Waals surface area (Å²) in [4.78, 5) is 12.3. The summed E-state index contributed by atoms with van der Waals surface area (Å²) < 4.78 is 21.3. The number of ether oxygens (including phenoxy) is 1. The Morgan fingerprint density at radius 3 is 2.38 bits per heavy atom. The van der Waals surface area contributed by atoms with E-state index in [1.54, 1.807) is 23.6 Å². The zero-order valence-electron chi connectivity index (χ0n) is 12.8. The number of halogens is 1. The minimum absolute atomic E-state index is 0.150. The number of aromatic nitrogens is 3. The van der Waals surface area contributed by atoms with Crippen molar-refractivity contribution in [3.05, 3.63) is 46.4 Å². The van der Waals surface area contributed by atoms with Crippen LogP contribution in [0.5, 0.6) is 5.75 Å². The predicted molar refractivity (Wildman–Crippen MR) is 78.1 cm³/mol. The summed E-state index contributed by atoms with van der Waals surface area (Å²) in [6.07, 6.45) is 0. The Hall–Kier alpha value is -2.11. The van der Waals surface area contributed by atoms with Crippen molar-refractivity contribution in [2.45, 2.75) is 39.8 Å². The van der Waals surface area contributed by atoms with Crippen molar-refractivity contribution in [2.24, 2.45) is 0 Å². The third-order valence-electron chi connectivity index (χ3n) is 3.08. The first-order chi connectivity index (χ1) is 9.79. The van der Waals surface area contributed by atoms with Gasteiger partial charge in [-0.05, 0) is 52.0 Å². The van der Waals surface area contributed by atoms with Crippen molar-refractivity contribution >= 4 is 0 Å². The zero-order chi connectivity index (χ0) is 15.6. The molecule has 114 valence electrons. The van der Waals surface area contributed by atoms with Crippen molar-refractivity contribution < 1.29 is 9.13 Å². The van der Waals surface area contributed by atoms with Crippen LogP contribution in [0.3, 0.4) is 0 Å². The van der Waals surface area contributed by atoms with Gasteiger partial charge >= 0.3 is 5.69 Å². The van der Waals surface area contributed by atoms with Gasteiger partial charge in [-0.3, -0.25) is 4.57 Å². The lowest BCUT2D eigenvalue weighted by atomic mass is 10.1. The molecular formula is C15H20FN3O2. The second-order valence-electron chi connectivity index (χ2n) is 5.87. The second kappa shape index (κ2) is 5.71. The number of aryl methyl sites for hydroxylation is 1. The van der Waals surface area contributed by atoms with Gasteiger partial charge in [-0.1, -0.05) is 0 Å². The maximum atomic E-state index is 12.8. The summed E-state index contributed by atoms with van der Waals surface area (Å²) in [6, 6.07) is 5.79. The molecule has 2 rings (SSSR count). The van der Waals surface area contributed by atoms with E-state index >= 15 is 0 Å². The summed E-state index contributed by atoms with van der Waals surface area (Å²) in [5, 5.41) is 4.28. The number of hydrogen-bond acceptors (Lipinski definition) is 3. The van der Waals surface area contributed by atoms with E-state index in [4.69, 9.17) is 4.74 Å². The molecule has 6 heteroatoms. The maximum Gasteiger partial charge on any atom is 0.346 e. The van der Waals surface area contributed by atoms with Gasteiger partial charge in [0.05, 0.1) is 12.1 Å². The molecule has 21 heavy (non-hydrogen) atoms. The largest absolute Gasteiger partial charge is 0.492 e. The van der Waals surface area contributed by atoms with E-state index in [-0.39, 0.29) is 17.0 Å². The fourth-order valence-corrected chi connectivity index (χ4v) is 1.97.